The maximum atomic E-state index is 12.6. The molecule has 0 aliphatic carbocycles. The maximum Gasteiger partial charge on any atom is 1.20 e. The first-order valence-corrected chi connectivity index (χ1v) is 12.0. The van der Waals surface area contributed by atoms with E-state index in [4.69, 9.17) is 22.7 Å². The second kappa shape index (κ2) is 8.70. The van der Waals surface area contributed by atoms with Crippen molar-refractivity contribution in [3.8, 4) is 0 Å². The molecular formula is C15H6Al2N6O12. The Bertz CT molecular complexity index is 1240. The molecule has 3 aromatic heterocycles. The summed E-state index contributed by atoms with van der Waals surface area (Å²) in [5.74, 6) is -6.66. The van der Waals surface area contributed by atoms with Gasteiger partial charge in [-0.1, -0.05) is 0 Å². The Morgan fingerprint density at radius 2 is 1.11 bits per heavy atom. The first-order chi connectivity index (χ1) is 16.8. The van der Waals surface area contributed by atoms with Crippen LogP contribution >= 0.6 is 0 Å². The largest absolute Gasteiger partial charge is 1.20 e. The highest BCUT2D eigenvalue weighted by Crippen LogP contribution is 2.19. The average Bonchev–Trinajstić information content (AvgIpc) is 3.56. The monoisotopic (exact) mass is 516 g/mol. The molecule has 3 aromatic rings. The van der Waals surface area contributed by atoms with Crippen molar-refractivity contribution in [2.75, 3.05) is 0 Å². The fourth-order valence-corrected chi connectivity index (χ4v) is 4.90. The molecule has 0 radical (unpaired) electrons. The van der Waals surface area contributed by atoms with Gasteiger partial charge in [-0.15, -0.1) is 0 Å². The molecule has 18 nitrogen and oxygen atoms in total. The molecule has 0 aromatic carbocycles. The number of hydrogen-bond acceptors (Lipinski definition) is 15. The number of carbonyl (C=O) groups is 6. The third-order valence-corrected chi connectivity index (χ3v) is 6.85. The molecule has 174 valence electrons. The Kier molecular flexibility index (Phi) is 5.55. The first-order valence-electron chi connectivity index (χ1n) is 9.18. The molecule has 2 aliphatic heterocycles. The minimum absolute atomic E-state index is 0.215. The number of rotatable bonds is 4. The van der Waals surface area contributed by atoms with Gasteiger partial charge >= 0.3 is 66.1 Å². The maximum absolute atomic E-state index is 12.6. The number of fused-ring (bicyclic) bond motifs is 2. The van der Waals surface area contributed by atoms with E-state index in [1.807, 2.05) is 0 Å². The summed E-state index contributed by atoms with van der Waals surface area (Å²) in [6, 6.07) is 0. The van der Waals surface area contributed by atoms with Crippen molar-refractivity contribution in [3.05, 3.63) is 52.4 Å². The van der Waals surface area contributed by atoms with E-state index in [9.17, 15) is 28.8 Å². The number of aromatic nitrogens is 6. The number of aromatic amines is 3. The van der Waals surface area contributed by atoms with E-state index in [0.29, 0.717) is 0 Å². The lowest BCUT2D eigenvalue weighted by molar-refractivity contribution is 0.0385. The molecule has 0 saturated heterocycles. The lowest BCUT2D eigenvalue weighted by Crippen LogP contribution is -2.34. The molecule has 0 unspecified atom stereocenters. The van der Waals surface area contributed by atoms with E-state index >= 15 is 0 Å². The molecule has 20 heteroatoms. The van der Waals surface area contributed by atoms with Crippen molar-refractivity contribution in [1.29, 1.82) is 0 Å². The summed E-state index contributed by atoms with van der Waals surface area (Å²) >= 11 is -7.43. The Balaban J connectivity index is 1.27. The molecule has 3 N–H and O–H groups in total. The normalized spacial score (nSPS) is 15.0. The summed E-state index contributed by atoms with van der Waals surface area (Å²) < 4.78 is 29.5. The number of carbonyl (C=O) groups excluding carboxylic acids is 6. The van der Waals surface area contributed by atoms with E-state index in [-0.39, 0.29) is 22.5 Å². The van der Waals surface area contributed by atoms with Gasteiger partial charge < -0.3 is 22.7 Å². The third-order valence-electron chi connectivity index (χ3n) is 4.41. The fraction of sp³-hybridized carbons (Fsp3) is 0. The summed E-state index contributed by atoms with van der Waals surface area (Å²) in [5.41, 5.74) is -2.08. The Morgan fingerprint density at radius 3 is 1.66 bits per heavy atom. The van der Waals surface area contributed by atoms with Crippen molar-refractivity contribution in [2.45, 2.75) is 0 Å². The highest BCUT2D eigenvalue weighted by Gasteiger charge is 2.55. The zero-order valence-corrected chi connectivity index (χ0v) is 18.9. The number of hydrogen-bond donors (Lipinski definition) is 3. The average molecular weight is 516 g/mol. The van der Waals surface area contributed by atoms with Crippen LogP contribution in [-0.4, -0.2) is 96.7 Å². The fourth-order valence-electron chi connectivity index (χ4n) is 2.83. The molecule has 0 fully saturated rings. The summed E-state index contributed by atoms with van der Waals surface area (Å²) in [4.78, 5) is 73.4. The first kappa shape index (κ1) is 22.3. The van der Waals surface area contributed by atoms with Gasteiger partial charge in [-0.2, -0.15) is 15.3 Å². The molecule has 0 bridgehead atoms. The second-order valence-corrected chi connectivity index (χ2v) is 9.05. The van der Waals surface area contributed by atoms with Crippen LogP contribution in [0.5, 0.6) is 0 Å². The molecule has 0 amide bonds. The standard InChI is InChI=1S/3C5H4N2O4.2Al/c3*8-4(9)2-1-6-7-3(2)5(10)11;;/h3*1H,(H,6,7)(H,8,9)(H,10,11);;/q;;;2*+3/p-6. The van der Waals surface area contributed by atoms with Gasteiger partial charge in [0, 0.05) is 0 Å². The van der Waals surface area contributed by atoms with Crippen LogP contribution in [0.1, 0.15) is 62.5 Å². The number of H-pyrrole nitrogens is 3. The molecule has 35 heavy (non-hydrogen) atoms. The minimum Gasteiger partial charge on any atom is -0.547 e. The molecule has 0 saturated carbocycles. The van der Waals surface area contributed by atoms with Gasteiger partial charge in [0.05, 0.1) is 18.6 Å². The molecular weight excluding hydrogens is 510 g/mol. The van der Waals surface area contributed by atoms with Crippen LogP contribution in [0.15, 0.2) is 18.6 Å². The van der Waals surface area contributed by atoms with Gasteiger partial charge in [-0.3, -0.25) is 15.3 Å². The van der Waals surface area contributed by atoms with E-state index in [0.717, 1.165) is 18.6 Å². The van der Waals surface area contributed by atoms with Crippen LogP contribution in [-0.2, 0) is 22.7 Å². The minimum atomic E-state index is -3.72. The Morgan fingerprint density at radius 1 is 0.657 bits per heavy atom. The highest BCUT2D eigenvalue weighted by atomic mass is 27.3. The Labute approximate surface area is 200 Å². The van der Waals surface area contributed by atoms with E-state index in [1.165, 1.54) is 0 Å². The van der Waals surface area contributed by atoms with E-state index in [1.54, 1.807) is 0 Å². The van der Waals surface area contributed by atoms with E-state index < -0.39 is 77.4 Å². The SMILES string of the molecule is O=C1[O][Al]([O]C(=O)c2cn[nH]c2C(=O)[O][Al]2[O]C(=O)c3cn[nH]c3C(=O)[O]2)[O]C(=O)c2[nH]ncc21. The lowest BCUT2D eigenvalue weighted by Gasteiger charge is -2.11. The molecule has 2 aliphatic rings. The number of nitrogens with zero attached hydrogens (tertiary/aromatic N) is 3. The zero-order chi connectivity index (χ0) is 24.7. The van der Waals surface area contributed by atoms with Crippen molar-refractivity contribution in [3.63, 3.8) is 0 Å². The molecule has 5 heterocycles. The van der Waals surface area contributed by atoms with Crippen LogP contribution in [0.2, 0.25) is 0 Å². The van der Waals surface area contributed by atoms with Gasteiger partial charge in [0.25, 0.3) is 0 Å². The summed E-state index contributed by atoms with van der Waals surface area (Å²) in [6.07, 6.45) is 2.94. The van der Waals surface area contributed by atoms with Crippen LogP contribution in [0, 0.1) is 0 Å². The van der Waals surface area contributed by atoms with Crippen molar-refractivity contribution >= 4 is 66.1 Å². The number of nitrogens with one attached hydrogen (secondary N) is 3. The topological polar surface area (TPSA) is 244 Å². The predicted octanol–water partition coefficient (Wildman–Crippen LogP) is -1.81. The molecule has 0 atom stereocenters. The van der Waals surface area contributed by atoms with Crippen molar-refractivity contribution in [2.24, 2.45) is 0 Å². The lowest BCUT2D eigenvalue weighted by atomic mass is 10.2. The smallest absolute Gasteiger partial charge is 0.547 e. The molecule has 0 spiro atoms. The van der Waals surface area contributed by atoms with Crippen LogP contribution in [0.3, 0.4) is 0 Å². The van der Waals surface area contributed by atoms with Crippen LogP contribution in [0.25, 0.3) is 0 Å². The van der Waals surface area contributed by atoms with Gasteiger partial charge in [-0.25, -0.2) is 28.8 Å². The quantitative estimate of drug-likeness (QED) is 0.324. The molecule has 5 rings (SSSR count). The Hall–Kier alpha value is -4.49. The van der Waals surface area contributed by atoms with Crippen molar-refractivity contribution < 1.29 is 51.5 Å². The highest BCUT2D eigenvalue weighted by molar-refractivity contribution is 6.48. The predicted molar refractivity (Wildman–Crippen MR) is 99.8 cm³/mol. The zero-order valence-electron chi connectivity index (χ0n) is 16.6. The van der Waals surface area contributed by atoms with Gasteiger partial charge in [0.15, 0.2) is 17.1 Å². The third kappa shape index (κ3) is 4.13. The van der Waals surface area contributed by atoms with Crippen molar-refractivity contribution in [1.82, 2.24) is 30.6 Å². The van der Waals surface area contributed by atoms with E-state index in [2.05, 4.69) is 30.6 Å². The van der Waals surface area contributed by atoms with Gasteiger partial charge in [-0.05, 0) is 0 Å². The summed E-state index contributed by atoms with van der Waals surface area (Å²) in [7, 11) is 0. The van der Waals surface area contributed by atoms with Crippen LogP contribution < -0.4 is 0 Å². The summed E-state index contributed by atoms with van der Waals surface area (Å²) in [6.45, 7) is 0. The van der Waals surface area contributed by atoms with Gasteiger partial charge in [0.1, 0.15) is 16.7 Å². The second-order valence-electron chi connectivity index (χ2n) is 6.49. The summed E-state index contributed by atoms with van der Waals surface area (Å²) in [5, 5.41) is 17.3. The van der Waals surface area contributed by atoms with Crippen LogP contribution in [0.4, 0.5) is 0 Å². The van der Waals surface area contributed by atoms with Gasteiger partial charge in [0.2, 0.25) is 0 Å².